The lowest BCUT2D eigenvalue weighted by Crippen LogP contribution is -2.37. The summed E-state index contributed by atoms with van der Waals surface area (Å²) in [6, 6.07) is 28.3. The minimum atomic E-state index is -0.944. The van der Waals surface area contributed by atoms with Crippen molar-refractivity contribution in [1.82, 2.24) is 0 Å². The molecule has 6 rings (SSSR count). The van der Waals surface area contributed by atoms with Gasteiger partial charge in [-0.3, -0.25) is 14.4 Å². The molecule has 0 radical (unpaired) electrons. The maximum atomic E-state index is 14.1. The van der Waals surface area contributed by atoms with Crippen molar-refractivity contribution in [3.05, 3.63) is 96.6 Å². The van der Waals surface area contributed by atoms with E-state index in [1.807, 2.05) is 97.9 Å². The zero-order chi connectivity index (χ0) is 27.6. The predicted octanol–water partition coefficient (Wildman–Crippen LogP) is 6.47. The van der Waals surface area contributed by atoms with Gasteiger partial charge in [-0.15, -0.1) is 0 Å². The van der Waals surface area contributed by atoms with E-state index in [0.29, 0.717) is 30.4 Å². The normalized spacial score (nSPS) is 20.3. The van der Waals surface area contributed by atoms with Gasteiger partial charge in [0.1, 0.15) is 5.92 Å². The average molecular weight is 537 g/mol. The van der Waals surface area contributed by atoms with Gasteiger partial charge in [-0.2, -0.15) is 0 Å². The first-order chi connectivity index (χ1) is 19.6. The van der Waals surface area contributed by atoms with E-state index < -0.39 is 18.1 Å². The molecule has 2 aliphatic rings. The number of amides is 2. The molecule has 2 saturated heterocycles. The van der Waals surface area contributed by atoms with Gasteiger partial charge in [0.15, 0.2) is 17.6 Å². The minimum Gasteiger partial charge on any atom is -0.490 e. The van der Waals surface area contributed by atoms with Crippen LogP contribution in [0.3, 0.4) is 0 Å². The van der Waals surface area contributed by atoms with Gasteiger partial charge in [-0.05, 0) is 66.1 Å². The highest BCUT2D eigenvalue weighted by Crippen LogP contribution is 2.49. The Balaban J connectivity index is 1.40. The summed E-state index contributed by atoms with van der Waals surface area (Å²) in [6.07, 6.45) is 1.02. The summed E-state index contributed by atoms with van der Waals surface area (Å²) >= 11 is 0. The van der Waals surface area contributed by atoms with E-state index in [2.05, 4.69) is 6.92 Å². The molecular weight excluding hydrogens is 504 g/mol. The number of ether oxygens (including phenoxy) is 2. The molecule has 3 atom stereocenters. The third kappa shape index (κ3) is 4.56. The summed E-state index contributed by atoms with van der Waals surface area (Å²) in [5.74, 6) is -0.114. The Kier molecular flexibility index (Phi) is 7.13. The van der Waals surface area contributed by atoms with Crippen molar-refractivity contribution < 1.29 is 23.9 Å². The fourth-order valence-corrected chi connectivity index (χ4v) is 5.55. The summed E-state index contributed by atoms with van der Waals surface area (Å²) < 4.78 is 11.9. The Bertz CT molecular complexity index is 1540. The molecule has 4 aromatic carbocycles. The van der Waals surface area contributed by atoms with Crippen LogP contribution in [0.15, 0.2) is 91.0 Å². The molecule has 204 valence electrons. The summed E-state index contributed by atoms with van der Waals surface area (Å²) in [5, 5.41) is 3.70. The van der Waals surface area contributed by atoms with E-state index in [9.17, 15) is 9.59 Å². The second-order valence-electron chi connectivity index (χ2n) is 10.0. The Morgan fingerprint density at radius 3 is 2.30 bits per heavy atom. The largest absolute Gasteiger partial charge is 0.490 e. The predicted molar refractivity (Wildman–Crippen MR) is 154 cm³/mol. The number of imide groups is 1. The number of nitrogens with zero attached hydrogens (tertiary/aromatic N) is 2. The molecule has 2 heterocycles. The van der Waals surface area contributed by atoms with Gasteiger partial charge in [-0.25, -0.2) is 9.96 Å². The topological polar surface area (TPSA) is 68.3 Å². The molecule has 7 nitrogen and oxygen atoms in total. The number of anilines is 2. The molecular formula is C33H32N2O5. The van der Waals surface area contributed by atoms with Gasteiger partial charge in [0.25, 0.3) is 5.91 Å². The van der Waals surface area contributed by atoms with Crippen molar-refractivity contribution in [3.8, 4) is 11.5 Å². The van der Waals surface area contributed by atoms with Gasteiger partial charge in [0, 0.05) is 0 Å². The zero-order valence-electron chi connectivity index (χ0n) is 22.7. The molecule has 7 heteroatoms. The van der Waals surface area contributed by atoms with Crippen LogP contribution in [0.4, 0.5) is 11.4 Å². The van der Waals surface area contributed by atoms with Gasteiger partial charge >= 0.3 is 0 Å². The molecule has 0 aliphatic carbocycles. The van der Waals surface area contributed by atoms with Crippen LogP contribution in [0, 0.1) is 5.92 Å². The number of hydrogen-bond donors (Lipinski definition) is 0. The van der Waals surface area contributed by atoms with Gasteiger partial charge in [0.05, 0.1) is 30.6 Å². The van der Waals surface area contributed by atoms with E-state index >= 15 is 0 Å². The lowest BCUT2D eigenvalue weighted by molar-refractivity contribution is -0.126. The number of rotatable bonds is 9. The molecule has 0 bridgehead atoms. The van der Waals surface area contributed by atoms with Gasteiger partial charge < -0.3 is 9.47 Å². The van der Waals surface area contributed by atoms with Crippen molar-refractivity contribution in [1.29, 1.82) is 0 Å². The van der Waals surface area contributed by atoms with E-state index in [-0.39, 0.29) is 11.8 Å². The fourth-order valence-electron chi connectivity index (χ4n) is 5.55. The number of unbranched alkanes of at least 4 members (excludes halogenated alkanes) is 1. The summed E-state index contributed by atoms with van der Waals surface area (Å²) in [4.78, 5) is 35.5. The Hall–Kier alpha value is -4.36. The van der Waals surface area contributed by atoms with Crippen LogP contribution in [-0.2, 0) is 14.4 Å². The first kappa shape index (κ1) is 25.9. The number of hydroxylamine groups is 1. The molecule has 0 aromatic heterocycles. The lowest BCUT2D eigenvalue weighted by Gasteiger charge is -2.29. The third-order valence-electron chi connectivity index (χ3n) is 7.48. The Morgan fingerprint density at radius 1 is 0.750 bits per heavy atom. The molecule has 0 spiro atoms. The zero-order valence-corrected chi connectivity index (χ0v) is 22.7. The average Bonchev–Trinajstić information content (AvgIpc) is 3.49. The number of para-hydroxylation sites is 1. The van der Waals surface area contributed by atoms with Crippen LogP contribution < -0.4 is 19.4 Å². The summed E-state index contributed by atoms with van der Waals surface area (Å²) in [6.45, 7) is 5.10. The maximum absolute atomic E-state index is 14.1. The Labute approximate surface area is 233 Å². The number of benzene rings is 4. The van der Waals surface area contributed by atoms with Crippen LogP contribution in [-0.4, -0.2) is 31.1 Å². The lowest BCUT2D eigenvalue weighted by atomic mass is 9.90. The van der Waals surface area contributed by atoms with Crippen molar-refractivity contribution in [3.63, 3.8) is 0 Å². The molecule has 2 aliphatic heterocycles. The molecule has 4 aromatic rings. The fraction of sp³-hybridized carbons (Fsp3) is 0.273. The molecule has 0 unspecified atom stereocenters. The highest BCUT2D eigenvalue weighted by Gasteiger charge is 2.60. The van der Waals surface area contributed by atoms with Crippen molar-refractivity contribution in [2.24, 2.45) is 5.92 Å². The van der Waals surface area contributed by atoms with Gasteiger partial charge in [0.2, 0.25) is 5.91 Å². The number of carbonyl (C=O) groups is 2. The first-order valence-corrected chi connectivity index (χ1v) is 13.9. The van der Waals surface area contributed by atoms with Crippen LogP contribution in [0.2, 0.25) is 0 Å². The second kappa shape index (κ2) is 11.0. The quantitative estimate of drug-likeness (QED) is 0.180. The van der Waals surface area contributed by atoms with Crippen molar-refractivity contribution >= 4 is 34.0 Å². The van der Waals surface area contributed by atoms with E-state index in [1.54, 1.807) is 5.06 Å². The van der Waals surface area contributed by atoms with Crippen LogP contribution in [0.25, 0.3) is 10.8 Å². The smallest absolute Gasteiger partial charge is 0.266 e. The molecule has 40 heavy (non-hydrogen) atoms. The monoisotopic (exact) mass is 536 g/mol. The molecule has 0 saturated carbocycles. The van der Waals surface area contributed by atoms with E-state index in [0.717, 1.165) is 34.9 Å². The maximum Gasteiger partial charge on any atom is 0.266 e. The third-order valence-corrected chi connectivity index (χ3v) is 7.48. The number of fused-ring (bicyclic) bond motifs is 2. The highest BCUT2D eigenvalue weighted by molar-refractivity contribution is 6.24. The molecule has 2 amide bonds. The number of hydrogen-bond acceptors (Lipinski definition) is 6. The molecule has 2 fully saturated rings. The summed E-state index contributed by atoms with van der Waals surface area (Å²) in [5.41, 5.74) is 2.12. The van der Waals surface area contributed by atoms with E-state index in [4.69, 9.17) is 14.3 Å². The second-order valence-corrected chi connectivity index (χ2v) is 10.0. The van der Waals surface area contributed by atoms with Crippen molar-refractivity contribution in [2.45, 2.75) is 38.8 Å². The van der Waals surface area contributed by atoms with E-state index in [1.165, 1.54) is 4.90 Å². The molecule has 0 N–H and O–H groups in total. The minimum absolute atomic E-state index is 0.282. The SMILES string of the molecule is CCCCOc1ccc([C@@H]2[C@H]3C(=O)N(c4ccc5ccccc5c4)C(=O)[C@@H]3ON2c2ccccc2)cc1OCC. The van der Waals surface area contributed by atoms with Crippen molar-refractivity contribution in [2.75, 3.05) is 23.2 Å². The van der Waals surface area contributed by atoms with Crippen LogP contribution in [0.5, 0.6) is 11.5 Å². The number of carbonyl (C=O) groups excluding carboxylic acids is 2. The highest BCUT2D eigenvalue weighted by atomic mass is 16.7. The standard InChI is InChI=1S/C33H32N2O5/c1-3-5-19-39-27-18-16-24(21-28(27)38-4-2)30-29-31(40-35(30)25-13-7-6-8-14-25)33(37)34(32(29)36)26-17-15-22-11-9-10-12-23(22)20-26/h6-18,20-21,29-31H,3-5,19H2,1-2H3/t29-,30-,31-/m1/s1. The van der Waals surface area contributed by atoms with Crippen LogP contribution >= 0.6 is 0 Å². The summed E-state index contributed by atoms with van der Waals surface area (Å²) in [7, 11) is 0. The Morgan fingerprint density at radius 2 is 1.52 bits per heavy atom. The van der Waals surface area contributed by atoms with Crippen LogP contribution in [0.1, 0.15) is 38.3 Å². The van der Waals surface area contributed by atoms with Gasteiger partial charge in [-0.1, -0.05) is 67.9 Å². The first-order valence-electron chi connectivity index (χ1n) is 13.9.